The molecule has 0 aliphatic rings. The number of carboxylic acid groups (broad SMARTS) is 1. The van der Waals surface area contributed by atoms with E-state index in [1.54, 1.807) is 18.2 Å². The van der Waals surface area contributed by atoms with E-state index in [0.717, 1.165) is 5.56 Å². The molecule has 0 spiro atoms. The van der Waals surface area contributed by atoms with Crippen molar-refractivity contribution in [1.82, 2.24) is 0 Å². The monoisotopic (exact) mass is 299 g/mol. The fourth-order valence-electron chi connectivity index (χ4n) is 2.00. The van der Waals surface area contributed by atoms with Crippen LogP contribution in [0.15, 0.2) is 36.4 Å². The van der Waals surface area contributed by atoms with Crippen molar-refractivity contribution in [2.45, 2.75) is 20.0 Å². The number of carboxylic acids is 1. The minimum absolute atomic E-state index is 0.204. The summed E-state index contributed by atoms with van der Waals surface area (Å²) in [4.78, 5) is 10.9. The summed E-state index contributed by atoms with van der Waals surface area (Å²) in [7, 11) is 0. The lowest BCUT2D eigenvalue weighted by molar-refractivity contribution is -0.144. The lowest BCUT2D eigenvalue weighted by Gasteiger charge is -2.16. The van der Waals surface area contributed by atoms with Gasteiger partial charge in [-0.3, -0.25) is 0 Å². The molecule has 1 atom stereocenters. The van der Waals surface area contributed by atoms with Crippen molar-refractivity contribution in [2.75, 3.05) is 0 Å². The van der Waals surface area contributed by atoms with E-state index in [4.69, 9.17) is 15.1 Å². The molecule has 0 aromatic heterocycles. The van der Waals surface area contributed by atoms with E-state index in [0.29, 0.717) is 11.1 Å². The van der Waals surface area contributed by atoms with Gasteiger partial charge in [0.25, 0.3) is 0 Å². The number of carbonyl (C=O) groups is 1. The molecule has 1 N–H and O–H groups in total. The van der Waals surface area contributed by atoms with Crippen molar-refractivity contribution in [3.8, 4) is 22.9 Å². The number of aliphatic carboxylic acids is 1. The van der Waals surface area contributed by atoms with Crippen molar-refractivity contribution in [2.24, 2.45) is 0 Å². The second kappa shape index (κ2) is 6.27. The molecule has 1 unspecified atom stereocenters. The highest BCUT2D eigenvalue weighted by Gasteiger charge is 2.17. The third-order valence-electron chi connectivity index (χ3n) is 3.17. The molecule has 5 heteroatoms. The van der Waals surface area contributed by atoms with Gasteiger partial charge in [0.1, 0.15) is 11.6 Å². The molecule has 0 heterocycles. The Morgan fingerprint density at radius 2 is 2.00 bits per heavy atom. The normalized spacial score (nSPS) is 11.5. The second-order valence-corrected chi connectivity index (χ2v) is 4.90. The summed E-state index contributed by atoms with van der Waals surface area (Å²) in [5, 5.41) is 17.9. The van der Waals surface area contributed by atoms with Crippen molar-refractivity contribution in [3.63, 3.8) is 0 Å². The number of benzene rings is 2. The van der Waals surface area contributed by atoms with Crippen LogP contribution in [-0.4, -0.2) is 17.2 Å². The topological polar surface area (TPSA) is 70.3 Å². The molecule has 4 nitrogen and oxygen atoms in total. The molecule has 0 aliphatic heterocycles. The molecule has 0 saturated carbocycles. The largest absolute Gasteiger partial charge is 0.479 e. The van der Waals surface area contributed by atoms with Crippen molar-refractivity contribution < 1.29 is 19.0 Å². The summed E-state index contributed by atoms with van der Waals surface area (Å²) in [6.45, 7) is 3.23. The van der Waals surface area contributed by atoms with Gasteiger partial charge >= 0.3 is 5.97 Å². The van der Waals surface area contributed by atoms with E-state index in [1.807, 2.05) is 13.0 Å². The number of hydrogen-bond acceptors (Lipinski definition) is 3. The highest BCUT2D eigenvalue weighted by molar-refractivity contribution is 5.75. The predicted molar refractivity (Wildman–Crippen MR) is 79.0 cm³/mol. The van der Waals surface area contributed by atoms with Gasteiger partial charge in [-0.15, -0.1) is 0 Å². The van der Waals surface area contributed by atoms with Crippen LogP contribution < -0.4 is 4.74 Å². The third kappa shape index (κ3) is 3.23. The SMILES string of the molecule is Cc1ccc(OC(C)C(=O)O)c(-c2cc(C#N)ccc2F)c1. The van der Waals surface area contributed by atoms with Gasteiger partial charge in [-0.1, -0.05) is 11.6 Å². The molecular formula is C17H14FNO3. The smallest absolute Gasteiger partial charge is 0.344 e. The highest BCUT2D eigenvalue weighted by Crippen LogP contribution is 2.34. The Balaban J connectivity index is 2.57. The first kappa shape index (κ1) is 15.5. The van der Waals surface area contributed by atoms with E-state index in [9.17, 15) is 9.18 Å². The minimum atomic E-state index is -1.11. The van der Waals surface area contributed by atoms with Gasteiger partial charge in [0.05, 0.1) is 11.6 Å². The Labute approximate surface area is 127 Å². The first-order valence-corrected chi connectivity index (χ1v) is 6.62. The fourth-order valence-corrected chi connectivity index (χ4v) is 2.00. The van der Waals surface area contributed by atoms with Gasteiger partial charge in [-0.2, -0.15) is 5.26 Å². The standard InChI is InChI=1S/C17H14FNO3/c1-10-3-6-16(22-11(2)17(20)21)14(7-10)13-8-12(9-19)4-5-15(13)18/h3-8,11H,1-2H3,(H,20,21). The van der Waals surface area contributed by atoms with Gasteiger partial charge in [-0.25, -0.2) is 9.18 Å². The number of aryl methyl sites for hydroxylation is 1. The van der Waals surface area contributed by atoms with Crippen LogP contribution in [0.25, 0.3) is 11.1 Å². The summed E-state index contributed by atoms with van der Waals surface area (Å²) < 4.78 is 19.5. The Bertz CT molecular complexity index is 765. The molecule has 2 rings (SSSR count). The van der Waals surface area contributed by atoms with Gasteiger partial charge < -0.3 is 9.84 Å². The zero-order chi connectivity index (χ0) is 16.3. The van der Waals surface area contributed by atoms with E-state index in [-0.39, 0.29) is 11.3 Å². The first-order valence-electron chi connectivity index (χ1n) is 6.62. The quantitative estimate of drug-likeness (QED) is 0.937. The van der Waals surface area contributed by atoms with Crippen LogP contribution in [0.2, 0.25) is 0 Å². The van der Waals surface area contributed by atoms with E-state index < -0.39 is 17.9 Å². The van der Waals surface area contributed by atoms with Crippen molar-refractivity contribution >= 4 is 5.97 Å². The van der Waals surface area contributed by atoms with Crippen LogP contribution in [0.5, 0.6) is 5.75 Å². The molecule has 112 valence electrons. The van der Waals surface area contributed by atoms with Gasteiger partial charge in [-0.05, 0) is 44.2 Å². The number of ether oxygens (including phenoxy) is 1. The number of nitrogens with zero attached hydrogens (tertiary/aromatic N) is 1. The first-order chi connectivity index (χ1) is 10.4. The summed E-state index contributed by atoms with van der Waals surface area (Å²) >= 11 is 0. The summed E-state index contributed by atoms with van der Waals surface area (Å²) in [5.41, 5.74) is 1.81. The van der Waals surface area contributed by atoms with E-state index in [2.05, 4.69) is 0 Å². The summed E-state index contributed by atoms with van der Waals surface area (Å²) in [6, 6.07) is 11.0. The summed E-state index contributed by atoms with van der Waals surface area (Å²) in [6.07, 6.45) is -1.07. The Hall–Kier alpha value is -2.87. The van der Waals surface area contributed by atoms with E-state index >= 15 is 0 Å². The lowest BCUT2D eigenvalue weighted by Crippen LogP contribution is -2.23. The lowest BCUT2D eigenvalue weighted by atomic mass is 10.00. The average Bonchev–Trinajstić information content (AvgIpc) is 2.49. The van der Waals surface area contributed by atoms with Gasteiger partial charge in [0, 0.05) is 11.1 Å². The maximum atomic E-state index is 14.1. The molecule has 0 amide bonds. The highest BCUT2D eigenvalue weighted by atomic mass is 19.1. The van der Waals surface area contributed by atoms with Crippen LogP contribution in [0, 0.1) is 24.1 Å². The molecule has 0 saturated heterocycles. The van der Waals surface area contributed by atoms with Crippen LogP contribution in [0.1, 0.15) is 18.1 Å². The minimum Gasteiger partial charge on any atom is -0.479 e. The zero-order valence-electron chi connectivity index (χ0n) is 12.1. The number of nitriles is 1. The fraction of sp³-hybridized carbons (Fsp3) is 0.176. The van der Waals surface area contributed by atoms with Crippen LogP contribution in [0.3, 0.4) is 0 Å². The Morgan fingerprint density at radius 3 is 2.64 bits per heavy atom. The molecule has 2 aromatic rings. The Morgan fingerprint density at radius 1 is 1.27 bits per heavy atom. The predicted octanol–water partition coefficient (Wildman–Crippen LogP) is 3.52. The maximum Gasteiger partial charge on any atom is 0.344 e. The van der Waals surface area contributed by atoms with Crippen LogP contribution in [-0.2, 0) is 4.79 Å². The molecular weight excluding hydrogens is 285 g/mol. The Kier molecular flexibility index (Phi) is 4.42. The third-order valence-corrected chi connectivity index (χ3v) is 3.17. The molecule has 0 radical (unpaired) electrons. The van der Waals surface area contributed by atoms with Crippen LogP contribution >= 0.6 is 0 Å². The molecule has 0 bridgehead atoms. The second-order valence-electron chi connectivity index (χ2n) is 4.90. The van der Waals surface area contributed by atoms with Crippen LogP contribution in [0.4, 0.5) is 4.39 Å². The average molecular weight is 299 g/mol. The van der Waals surface area contributed by atoms with Gasteiger partial charge in [0.2, 0.25) is 0 Å². The molecule has 0 aliphatic carbocycles. The number of hydrogen-bond donors (Lipinski definition) is 1. The van der Waals surface area contributed by atoms with Crippen molar-refractivity contribution in [3.05, 3.63) is 53.3 Å². The van der Waals surface area contributed by atoms with E-state index in [1.165, 1.54) is 25.1 Å². The number of halogens is 1. The van der Waals surface area contributed by atoms with Gasteiger partial charge in [0.15, 0.2) is 6.10 Å². The zero-order valence-corrected chi connectivity index (χ0v) is 12.1. The maximum absolute atomic E-state index is 14.1. The molecule has 22 heavy (non-hydrogen) atoms. The molecule has 2 aromatic carbocycles. The summed E-state index contributed by atoms with van der Waals surface area (Å²) in [5.74, 6) is -1.36. The molecule has 0 fully saturated rings. The number of rotatable bonds is 4. The van der Waals surface area contributed by atoms with Crippen molar-refractivity contribution in [1.29, 1.82) is 5.26 Å².